The number of nitrogens with two attached hydrogens (primary N) is 1. The third-order valence-corrected chi connectivity index (χ3v) is 3.18. The van der Waals surface area contributed by atoms with Crippen LogP contribution in [0.3, 0.4) is 0 Å². The van der Waals surface area contributed by atoms with E-state index in [1.807, 2.05) is 0 Å². The van der Waals surface area contributed by atoms with Crippen LogP contribution in [0.2, 0.25) is 0 Å². The Hall–Kier alpha value is -0.490. The second-order valence-electron chi connectivity index (χ2n) is 5.01. The molecule has 0 heterocycles. The topological polar surface area (TPSA) is 118 Å². The van der Waals surface area contributed by atoms with E-state index < -0.39 is 10.1 Å². The fraction of sp³-hybridized carbons (Fsp3) is 0.857. The molecule has 0 saturated carbocycles. The standard InChI is InChI=1S/C14H30IN5O3/c15-13(21)23-14(22)20-11-4-10-18-7-2-1-6-17-8-3-9-19-12-5-16/h17-19H,1-12,16H2,(H,20,22). The summed E-state index contributed by atoms with van der Waals surface area (Å²) < 4.78 is 3.70. The first kappa shape index (κ1) is 22.5. The first-order chi connectivity index (χ1) is 11.2. The van der Waals surface area contributed by atoms with Crippen molar-refractivity contribution >= 4 is 32.7 Å². The van der Waals surface area contributed by atoms with Gasteiger partial charge in [-0.05, 0) is 58.4 Å². The van der Waals surface area contributed by atoms with Crippen LogP contribution in [0.15, 0.2) is 0 Å². The fourth-order valence-corrected chi connectivity index (χ4v) is 2.03. The van der Waals surface area contributed by atoms with Gasteiger partial charge >= 0.3 is 10.1 Å². The molecule has 0 saturated heterocycles. The van der Waals surface area contributed by atoms with Gasteiger partial charge in [-0.2, -0.15) is 0 Å². The van der Waals surface area contributed by atoms with Crippen molar-refractivity contribution in [3.8, 4) is 0 Å². The maximum atomic E-state index is 11.0. The van der Waals surface area contributed by atoms with Crippen LogP contribution in [0.25, 0.3) is 0 Å². The molecule has 0 aliphatic carbocycles. The second kappa shape index (κ2) is 17.9. The van der Waals surface area contributed by atoms with E-state index in [1.54, 1.807) is 0 Å². The van der Waals surface area contributed by atoms with Crippen molar-refractivity contribution in [3.05, 3.63) is 0 Å². The molecule has 0 aromatic heterocycles. The van der Waals surface area contributed by atoms with Gasteiger partial charge in [0.15, 0.2) is 0 Å². The van der Waals surface area contributed by atoms with Crippen LogP contribution >= 0.6 is 22.6 Å². The molecule has 9 heteroatoms. The van der Waals surface area contributed by atoms with Gasteiger partial charge in [-0.3, -0.25) is 0 Å². The number of nitrogens with one attached hydrogen (secondary N) is 4. The van der Waals surface area contributed by atoms with Gasteiger partial charge in [0, 0.05) is 19.6 Å². The highest BCUT2D eigenvalue weighted by Gasteiger charge is 2.04. The molecule has 23 heavy (non-hydrogen) atoms. The Balaban J connectivity index is 3.08. The summed E-state index contributed by atoms with van der Waals surface area (Å²) in [4.78, 5) is 21.5. The Bertz CT molecular complexity index is 308. The average Bonchev–Trinajstić information content (AvgIpc) is 2.50. The monoisotopic (exact) mass is 443 g/mol. The first-order valence-electron chi connectivity index (χ1n) is 8.14. The zero-order valence-corrected chi connectivity index (χ0v) is 15.8. The lowest BCUT2D eigenvalue weighted by molar-refractivity contribution is 0.169. The van der Waals surface area contributed by atoms with E-state index in [2.05, 4.69) is 26.0 Å². The van der Waals surface area contributed by atoms with Crippen LogP contribution in [-0.4, -0.2) is 62.4 Å². The minimum Gasteiger partial charge on any atom is -0.368 e. The number of hydrogen-bond donors (Lipinski definition) is 5. The zero-order valence-electron chi connectivity index (χ0n) is 13.7. The maximum Gasteiger partial charge on any atom is 0.415 e. The Kier molecular flexibility index (Phi) is 17.5. The molecule has 0 radical (unpaired) electrons. The van der Waals surface area contributed by atoms with Crippen molar-refractivity contribution in [1.82, 2.24) is 21.3 Å². The normalized spacial score (nSPS) is 10.5. The third-order valence-electron chi connectivity index (χ3n) is 2.96. The summed E-state index contributed by atoms with van der Waals surface area (Å²) in [5.41, 5.74) is 5.39. The number of carbonyl (C=O) groups is 2. The molecule has 0 rings (SSSR count). The molecule has 6 N–H and O–H groups in total. The van der Waals surface area contributed by atoms with Gasteiger partial charge in [-0.15, -0.1) is 0 Å². The van der Waals surface area contributed by atoms with E-state index >= 15 is 0 Å². The Morgan fingerprint density at radius 2 is 1.26 bits per heavy atom. The van der Waals surface area contributed by atoms with E-state index in [0.29, 0.717) is 13.1 Å². The largest absolute Gasteiger partial charge is 0.415 e. The third kappa shape index (κ3) is 19.5. The molecule has 0 unspecified atom stereocenters. The Morgan fingerprint density at radius 3 is 1.78 bits per heavy atom. The van der Waals surface area contributed by atoms with E-state index in [9.17, 15) is 9.59 Å². The van der Waals surface area contributed by atoms with Crippen molar-refractivity contribution in [2.75, 3.05) is 52.4 Å². The number of amides is 1. The number of unbranched alkanes of at least 4 members (excludes halogenated alkanes) is 1. The van der Waals surface area contributed by atoms with Crippen LogP contribution in [0, 0.1) is 0 Å². The van der Waals surface area contributed by atoms with Gasteiger partial charge in [-0.1, -0.05) is 0 Å². The molecule has 0 aliphatic heterocycles. The lowest BCUT2D eigenvalue weighted by atomic mass is 10.3. The number of hydrogen-bond acceptors (Lipinski definition) is 7. The van der Waals surface area contributed by atoms with Crippen molar-refractivity contribution in [2.45, 2.75) is 25.7 Å². The summed E-state index contributed by atoms with van der Waals surface area (Å²) in [6.07, 6.45) is 3.51. The summed E-state index contributed by atoms with van der Waals surface area (Å²) in [6.45, 7) is 6.96. The summed E-state index contributed by atoms with van der Waals surface area (Å²) in [6, 6.07) is 0. The second-order valence-corrected chi connectivity index (χ2v) is 5.89. The number of rotatable bonds is 15. The van der Waals surface area contributed by atoms with E-state index in [1.165, 1.54) is 22.6 Å². The van der Waals surface area contributed by atoms with E-state index in [4.69, 9.17) is 5.73 Å². The van der Waals surface area contributed by atoms with E-state index in [0.717, 1.165) is 65.0 Å². The van der Waals surface area contributed by atoms with Crippen molar-refractivity contribution in [2.24, 2.45) is 5.73 Å². The van der Waals surface area contributed by atoms with Gasteiger partial charge in [0.25, 0.3) is 0 Å². The molecule has 136 valence electrons. The molecule has 0 aromatic carbocycles. The highest BCUT2D eigenvalue weighted by atomic mass is 127. The SMILES string of the molecule is NCCNCCCNCCCCNCCCNC(=O)OC(=O)I. The summed E-state index contributed by atoms with van der Waals surface area (Å²) >= 11 is 1.41. The maximum absolute atomic E-state index is 11.0. The molecule has 0 bridgehead atoms. The van der Waals surface area contributed by atoms with Gasteiger partial charge in [0.1, 0.15) is 0 Å². The number of halogens is 1. The molecule has 0 atom stereocenters. The Labute approximate surface area is 152 Å². The highest BCUT2D eigenvalue weighted by molar-refractivity contribution is 14.1. The molecule has 1 amide bonds. The summed E-state index contributed by atoms with van der Waals surface area (Å²) in [5, 5.41) is 12.5. The lowest BCUT2D eigenvalue weighted by Gasteiger charge is -2.07. The van der Waals surface area contributed by atoms with Crippen molar-refractivity contribution in [3.63, 3.8) is 0 Å². The van der Waals surface area contributed by atoms with Crippen molar-refractivity contribution in [1.29, 1.82) is 0 Å². The highest BCUT2D eigenvalue weighted by Crippen LogP contribution is 1.91. The lowest BCUT2D eigenvalue weighted by Crippen LogP contribution is -2.29. The van der Waals surface area contributed by atoms with Crippen LogP contribution in [-0.2, 0) is 4.74 Å². The van der Waals surface area contributed by atoms with Crippen LogP contribution in [0.4, 0.5) is 9.59 Å². The van der Waals surface area contributed by atoms with Crippen LogP contribution in [0.5, 0.6) is 0 Å². The quantitative estimate of drug-likeness (QED) is 0.109. The minimum absolute atomic E-state index is 0.496. The smallest absolute Gasteiger partial charge is 0.368 e. The predicted molar refractivity (Wildman–Crippen MR) is 100 cm³/mol. The number of ether oxygens (including phenoxy) is 1. The molecular weight excluding hydrogens is 413 g/mol. The molecule has 8 nitrogen and oxygen atoms in total. The van der Waals surface area contributed by atoms with Gasteiger partial charge in [0.2, 0.25) is 0 Å². The predicted octanol–water partition coefficient (Wildman–Crippen LogP) is 0.556. The van der Waals surface area contributed by atoms with Gasteiger partial charge in [-0.25, -0.2) is 9.59 Å². The minimum atomic E-state index is -0.686. The molecular formula is C14H30IN5O3. The number of alkyl carbamates (subject to hydrolysis) is 1. The first-order valence-corrected chi connectivity index (χ1v) is 9.22. The van der Waals surface area contributed by atoms with Gasteiger partial charge < -0.3 is 31.7 Å². The molecule has 0 fully saturated rings. The zero-order chi connectivity index (χ0) is 17.2. The van der Waals surface area contributed by atoms with Gasteiger partial charge in [0.05, 0.1) is 22.6 Å². The van der Waals surface area contributed by atoms with Crippen LogP contribution < -0.4 is 27.0 Å². The molecule has 0 spiro atoms. The van der Waals surface area contributed by atoms with E-state index in [-0.39, 0.29) is 0 Å². The summed E-state index contributed by atoms with van der Waals surface area (Å²) in [7, 11) is 0. The fourth-order valence-electron chi connectivity index (χ4n) is 1.83. The Morgan fingerprint density at radius 1 is 0.783 bits per heavy atom. The van der Waals surface area contributed by atoms with Crippen LogP contribution in [0.1, 0.15) is 25.7 Å². The average molecular weight is 443 g/mol. The molecule has 0 aliphatic rings. The van der Waals surface area contributed by atoms with Crippen molar-refractivity contribution < 1.29 is 14.3 Å². The number of carbonyl (C=O) groups excluding carboxylic acids is 2. The molecule has 0 aromatic rings. The summed E-state index contributed by atoms with van der Waals surface area (Å²) in [5.74, 6) is 0.